The quantitative estimate of drug-likeness (QED) is 0.383. The van der Waals surface area contributed by atoms with Crippen LogP contribution in [0.2, 0.25) is 5.02 Å². The Morgan fingerprint density at radius 3 is 2.38 bits per heavy atom. The lowest BCUT2D eigenvalue weighted by Crippen LogP contribution is -2.35. The van der Waals surface area contributed by atoms with Crippen LogP contribution in [0.1, 0.15) is 32.9 Å². The molecule has 1 atom stereocenters. The SMILES string of the molecule is C/C=C\C(=N)C1=C2CC(N)CN2C(c2ccccn2)=NC1.CC(C)F.CNC=O.Fc1ccccc1Cl. The summed E-state index contributed by atoms with van der Waals surface area (Å²) in [5.74, 6) is 0.504. The van der Waals surface area contributed by atoms with Crippen molar-refractivity contribution in [3.63, 3.8) is 0 Å². The Morgan fingerprint density at radius 1 is 1.27 bits per heavy atom. The van der Waals surface area contributed by atoms with Crippen LogP contribution in [0.25, 0.3) is 0 Å². The molecule has 200 valence electrons. The molecule has 2 aromatic rings. The summed E-state index contributed by atoms with van der Waals surface area (Å²) in [6, 6.07) is 12.0. The zero-order chi connectivity index (χ0) is 27.8. The first-order valence-corrected chi connectivity index (χ1v) is 12.1. The highest BCUT2D eigenvalue weighted by Crippen LogP contribution is 2.30. The molecule has 0 spiro atoms. The molecular weight excluding hydrogens is 498 g/mol. The Bertz CT molecular complexity index is 1070. The topological polar surface area (TPSA) is 107 Å². The van der Waals surface area contributed by atoms with E-state index in [1.54, 1.807) is 25.4 Å². The van der Waals surface area contributed by atoms with Gasteiger partial charge in [0.05, 0.1) is 23.5 Å². The number of nitrogens with one attached hydrogen (secondary N) is 2. The van der Waals surface area contributed by atoms with Gasteiger partial charge in [-0.3, -0.25) is 14.8 Å². The molecule has 7 nitrogen and oxygen atoms in total. The maximum atomic E-state index is 12.2. The Labute approximate surface area is 222 Å². The molecule has 1 amide bonds. The highest BCUT2D eigenvalue weighted by atomic mass is 35.5. The van der Waals surface area contributed by atoms with Crippen LogP contribution in [0, 0.1) is 11.2 Å². The fraction of sp³-hybridized carbons (Fsp3) is 0.333. The van der Waals surface area contributed by atoms with E-state index in [0.29, 0.717) is 18.7 Å². The number of halogens is 3. The third-order valence-electron chi connectivity index (χ3n) is 4.68. The fourth-order valence-corrected chi connectivity index (χ4v) is 3.40. The maximum absolute atomic E-state index is 12.2. The van der Waals surface area contributed by atoms with Crippen molar-refractivity contribution in [2.24, 2.45) is 10.7 Å². The molecule has 2 aliphatic rings. The van der Waals surface area contributed by atoms with E-state index in [-0.39, 0.29) is 16.9 Å². The highest BCUT2D eigenvalue weighted by molar-refractivity contribution is 6.30. The predicted molar refractivity (Wildman–Crippen MR) is 147 cm³/mol. The van der Waals surface area contributed by atoms with E-state index in [1.807, 2.05) is 37.3 Å². The molecule has 0 bridgehead atoms. The third kappa shape index (κ3) is 11.0. The standard InChI is InChI=1S/C16H19N5.C6H4ClF.C3H7F.C2H5NO/c1-2-5-13(18)12-9-20-16(14-6-3-4-7-19-14)21-10-11(17)8-15(12)21;7-5-3-1-2-4-6(5)8;1-3(2)4;1-3-2-4/h2-7,11,18H,8-10,17H2,1H3;1-4H;3H,1-2H3;2H,1H3,(H,3,4)/b5-2-,18-13?;;;. The van der Waals surface area contributed by atoms with E-state index in [9.17, 15) is 8.78 Å². The Morgan fingerprint density at radius 2 is 1.89 bits per heavy atom. The predicted octanol–water partition coefficient (Wildman–Crippen LogP) is 4.93. The second-order valence-electron chi connectivity index (χ2n) is 8.10. The van der Waals surface area contributed by atoms with Crippen LogP contribution < -0.4 is 11.1 Å². The summed E-state index contributed by atoms with van der Waals surface area (Å²) in [5.41, 5.74) is 9.62. The van der Waals surface area contributed by atoms with E-state index in [0.717, 1.165) is 35.8 Å². The summed E-state index contributed by atoms with van der Waals surface area (Å²) in [6.07, 6.45) is 6.22. The molecule has 3 heterocycles. The minimum absolute atomic E-state index is 0.0837. The smallest absolute Gasteiger partial charge is 0.206 e. The number of amidine groups is 1. The molecule has 4 rings (SSSR count). The van der Waals surface area contributed by atoms with Gasteiger partial charge in [0.25, 0.3) is 0 Å². The third-order valence-corrected chi connectivity index (χ3v) is 4.99. The monoisotopic (exact) mass is 532 g/mol. The number of pyridine rings is 1. The second-order valence-corrected chi connectivity index (χ2v) is 8.51. The van der Waals surface area contributed by atoms with Gasteiger partial charge < -0.3 is 21.4 Å². The molecule has 1 saturated heterocycles. The highest BCUT2D eigenvalue weighted by Gasteiger charge is 2.34. The van der Waals surface area contributed by atoms with Crippen molar-refractivity contribution in [3.8, 4) is 0 Å². The first kappa shape index (κ1) is 31.6. The van der Waals surface area contributed by atoms with Crippen LogP contribution in [-0.2, 0) is 4.79 Å². The van der Waals surface area contributed by atoms with E-state index in [1.165, 1.54) is 26.0 Å². The van der Waals surface area contributed by atoms with Gasteiger partial charge >= 0.3 is 0 Å². The lowest BCUT2D eigenvalue weighted by atomic mass is 10.0. The molecule has 1 aromatic carbocycles. The number of benzene rings is 1. The molecule has 0 saturated carbocycles. The van der Waals surface area contributed by atoms with Crippen LogP contribution in [-0.4, -0.2) is 60.2 Å². The van der Waals surface area contributed by atoms with Crippen LogP contribution in [0.15, 0.2) is 77.1 Å². The van der Waals surface area contributed by atoms with Gasteiger partial charge in [0, 0.05) is 43.5 Å². The minimum atomic E-state index is -0.667. The van der Waals surface area contributed by atoms with Crippen molar-refractivity contribution in [1.29, 1.82) is 5.41 Å². The Hall–Kier alpha value is -3.43. The lowest BCUT2D eigenvalue weighted by molar-refractivity contribution is -0.109. The van der Waals surface area contributed by atoms with Gasteiger partial charge in [-0.2, -0.15) is 0 Å². The molecular formula is C27H35ClF2N6O. The van der Waals surface area contributed by atoms with Gasteiger partial charge in [0.2, 0.25) is 6.41 Å². The van der Waals surface area contributed by atoms with Crippen molar-refractivity contribution >= 4 is 29.6 Å². The second kappa shape index (κ2) is 17.1. The molecule has 4 N–H and O–H groups in total. The Balaban J connectivity index is 0.000000351. The van der Waals surface area contributed by atoms with E-state index in [2.05, 4.69) is 20.2 Å². The molecule has 1 unspecified atom stereocenters. The number of hydrogen-bond acceptors (Lipinski definition) is 6. The minimum Gasteiger partial charge on any atom is -0.362 e. The molecule has 2 aliphatic heterocycles. The number of carbonyl (C=O) groups is 1. The van der Waals surface area contributed by atoms with Crippen molar-refractivity contribution in [2.75, 3.05) is 20.1 Å². The van der Waals surface area contributed by atoms with Crippen molar-refractivity contribution < 1.29 is 13.6 Å². The van der Waals surface area contributed by atoms with E-state index >= 15 is 0 Å². The van der Waals surface area contributed by atoms with E-state index in [4.69, 9.17) is 27.5 Å². The summed E-state index contributed by atoms with van der Waals surface area (Å²) in [5, 5.41) is 10.6. The average Bonchev–Trinajstić information content (AvgIpc) is 3.27. The number of aromatic nitrogens is 1. The summed E-state index contributed by atoms with van der Waals surface area (Å²) in [4.78, 5) is 20.2. The number of hydrogen-bond donors (Lipinski definition) is 3. The first-order chi connectivity index (χ1) is 17.7. The number of allylic oxidation sites excluding steroid dienone is 2. The molecule has 0 radical (unpaired) electrons. The number of aliphatic imine (C=N–C) groups is 1. The van der Waals surface area contributed by atoms with Crippen molar-refractivity contribution in [2.45, 2.75) is 39.4 Å². The van der Waals surface area contributed by atoms with E-state index < -0.39 is 6.17 Å². The van der Waals surface area contributed by atoms with Crippen LogP contribution >= 0.6 is 11.6 Å². The number of amides is 1. The van der Waals surface area contributed by atoms with Gasteiger partial charge in [-0.1, -0.05) is 35.9 Å². The van der Waals surface area contributed by atoms with Gasteiger partial charge in [-0.15, -0.1) is 0 Å². The van der Waals surface area contributed by atoms with Crippen molar-refractivity contribution in [1.82, 2.24) is 15.2 Å². The molecule has 1 fully saturated rings. The number of fused-ring (bicyclic) bond motifs is 1. The van der Waals surface area contributed by atoms with Crippen LogP contribution in [0.5, 0.6) is 0 Å². The molecule has 37 heavy (non-hydrogen) atoms. The molecule has 0 aliphatic carbocycles. The van der Waals surface area contributed by atoms with Crippen molar-refractivity contribution in [3.05, 3.63) is 88.6 Å². The summed E-state index contributed by atoms with van der Waals surface area (Å²) in [7, 11) is 1.56. The zero-order valence-electron chi connectivity index (χ0n) is 21.6. The van der Waals surface area contributed by atoms with Gasteiger partial charge in [-0.05, 0) is 51.1 Å². The zero-order valence-corrected chi connectivity index (χ0v) is 22.3. The molecule has 10 heteroatoms. The molecule has 1 aromatic heterocycles. The Kier molecular flexibility index (Phi) is 14.6. The van der Waals surface area contributed by atoms with Gasteiger partial charge in [0.1, 0.15) is 11.5 Å². The summed E-state index contributed by atoms with van der Waals surface area (Å²) >= 11 is 5.33. The average molecular weight is 533 g/mol. The summed E-state index contributed by atoms with van der Waals surface area (Å²) < 4.78 is 23.2. The maximum Gasteiger partial charge on any atom is 0.206 e. The lowest BCUT2D eigenvalue weighted by Gasteiger charge is -2.28. The number of nitrogens with two attached hydrogens (primary N) is 1. The number of alkyl halides is 1. The normalized spacial score (nSPS) is 15.9. The number of rotatable bonds is 4. The fourth-order valence-electron chi connectivity index (χ4n) is 3.26. The van der Waals surface area contributed by atoms with Crippen LogP contribution in [0.4, 0.5) is 8.78 Å². The van der Waals surface area contributed by atoms with Crippen LogP contribution in [0.3, 0.4) is 0 Å². The van der Waals surface area contributed by atoms with Gasteiger partial charge in [0.15, 0.2) is 5.84 Å². The van der Waals surface area contributed by atoms with Gasteiger partial charge in [-0.25, -0.2) is 8.78 Å². The largest absolute Gasteiger partial charge is 0.362 e. The number of carbonyl (C=O) groups excluding carboxylic acids is 1. The summed E-state index contributed by atoms with van der Waals surface area (Å²) in [6.45, 7) is 6.17. The number of nitrogens with zero attached hydrogens (tertiary/aromatic N) is 3. The first-order valence-electron chi connectivity index (χ1n) is 11.7.